The Bertz CT molecular complexity index is 1580. The number of nitrogens with zero attached hydrogens (tertiary/aromatic N) is 3. The summed E-state index contributed by atoms with van der Waals surface area (Å²) in [7, 11) is 0. The second kappa shape index (κ2) is 8.01. The lowest BCUT2D eigenvalue weighted by Gasteiger charge is -2.10. The van der Waals surface area contributed by atoms with Gasteiger partial charge in [0.1, 0.15) is 10.7 Å². The number of nitrogen functional groups attached to an aromatic ring is 1. The van der Waals surface area contributed by atoms with Gasteiger partial charge in [0.2, 0.25) is 0 Å². The number of hydrogen-bond donors (Lipinski definition) is 2. The summed E-state index contributed by atoms with van der Waals surface area (Å²) in [4.78, 5) is 34.2. The lowest BCUT2D eigenvalue weighted by Crippen LogP contribution is -2.34. The van der Waals surface area contributed by atoms with Gasteiger partial charge in [0.05, 0.1) is 16.9 Å². The first-order chi connectivity index (χ1) is 15.5. The maximum absolute atomic E-state index is 13.5. The van der Waals surface area contributed by atoms with Crippen LogP contribution >= 0.6 is 34.7 Å². The molecule has 0 bridgehead atoms. The molecule has 0 amide bonds. The highest BCUT2D eigenvalue weighted by atomic mass is 35.5. The molecule has 0 saturated carbocycles. The van der Waals surface area contributed by atoms with Crippen molar-refractivity contribution in [2.75, 3.05) is 12.0 Å². The first-order valence-electron chi connectivity index (χ1n) is 9.49. The predicted molar refractivity (Wildman–Crippen MR) is 132 cm³/mol. The monoisotopic (exact) mass is 481 g/mol. The summed E-state index contributed by atoms with van der Waals surface area (Å²) in [6.45, 7) is 0. The number of nitrogens with one attached hydrogen (secondary N) is 1. The van der Waals surface area contributed by atoms with E-state index in [-0.39, 0.29) is 5.52 Å². The standard InChI is InChI=1S/C22H16ClN5O2S2/c1-31-15-4-2-3-14(9-15)28-20(29)19-16(26-22(28)30)10-18(23)27(19)13-7-5-12(6-8-13)17-11-32-21(24)25-17/h2-11H,1H3,(H2,24,25)(H,26,30). The van der Waals surface area contributed by atoms with Gasteiger partial charge in [0.25, 0.3) is 5.56 Å². The molecule has 5 rings (SSSR count). The quantitative estimate of drug-likeness (QED) is 0.367. The Morgan fingerprint density at radius 3 is 2.53 bits per heavy atom. The molecular weight excluding hydrogens is 466 g/mol. The van der Waals surface area contributed by atoms with E-state index in [0.29, 0.717) is 27.2 Å². The van der Waals surface area contributed by atoms with E-state index in [1.165, 1.54) is 23.1 Å². The minimum absolute atomic E-state index is 0.287. The summed E-state index contributed by atoms with van der Waals surface area (Å²) in [5.41, 5.74) is 8.27. The molecule has 160 valence electrons. The Morgan fingerprint density at radius 2 is 1.84 bits per heavy atom. The van der Waals surface area contributed by atoms with Crippen molar-refractivity contribution in [3.63, 3.8) is 0 Å². The Morgan fingerprint density at radius 1 is 1.06 bits per heavy atom. The minimum atomic E-state index is -0.522. The van der Waals surface area contributed by atoms with E-state index in [4.69, 9.17) is 17.3 Å². The van der Waals surface area contributed by atoms with Crippen LogP contribution in [0.15, 0.2) is 74.5 Å². The number of aromatic amines is 1. The van der Waals surface area contributed by atoms with Crippen molar-refractivity contribution in [1.29, 1.82) is 0 Å². The van der Waals surface area contributed by atoms with Crippen molar-refractivity contribution >= 4 is 50.9 Å². The van der Waals surface area contributed by atoms with Crippen molar-refractivity contribution < 1.29 is 0 Å². The molecule has 0 aliphatic carbocycles. The van der Waals surface area contributed by atoms with Gasteiger partial charge in [-0.2, -0.15) is 0 Å². The zero-order valence-electron chi connectivity index (χ0n) is 16.7. The van der Waals surface area contributed by atoms with Crippen molar-refractivity contribution in [1.82, 2.24) is 19.1 Å². The highest BCUT2D eigenvalue weighted by Gasteiger charge is 2.18. The maximum Gasteiger partial charge on any atom is 0.333 e. The van der Waals surface area contributed by atoms with Crippen LogP contribution in [0.3, 0.4) is 0 Å². The third kappa shape index (κ3) is 3.44. The fraction of sp³-hybridized carbons (Fsp3) is 0.0455. The first-order valence-corrected chi connectivity index (χ1v) is 12.0. The molecule has 0 radical (unpaired) electrons. The van der Waals surface area contributed by atoms with Gasteiger partial charge >= 0.3 is 5.69 Å². The zero-order chi connectivity index (χ0) is 22.4. The van der Waals surface area contributed by atoms with E-state index in [2.05, 4.69) is 9.97 Å². The van der Waals surface area contributed by atoms with Crippen molar-refractivity contribution in [3.8, 4) is 22.6 Å². The number of fused-ring (bicyclic) bond motifs is 1. The lowest BCUT2D eigenvalue weighted by molar-refractivity contribution is 0.889. The SMILES string of the molecule is CSc1cccc(-n2c(=O)[nH]c3cc(Cl)n(-c4ccc(-c5csc(N)n5)cc4)c3c2=O)c1. The van der Waals surface area contributed by atoms with Crippen LogP contribution < -0.4 is 17.0 Å². The molecule has 0 unspecified atom stereocenters. The van der Waals surface area contributed by atoms with Crippen LogP contribution in [0.2, 0.25) is 5.15 Å². The molecule has 7 nitrogen and oxygen atoms in total. The van der Waals surface area contributed by atoms with Crippen molar-refractivity contribution in [3.05, 3.63) is 86.0 Å². The molecule has 0 saturated heterocycles. The van der Waals surface area contributed by atoms with Crippen LogP contribution in [-0.4, -0.2) is 25.4 Å². The van der Waals surface area contributed by atoms with Gasteiger partial charge in [0, 0.05) is 21.5 Å². The Hall–Kier alpha value is -3.27. The maximum atomic E-state index is 13.5. The molecule has 0 fully saturated rings. The summed E-state index contributed by atoms with van der Waals surface area (Å²) in [6, 6.07) is 16.3. The van der Waals surface area contributed by atoms with Crippen LogP contribution in [0.1, 0.15) is 0 Å². The summed E-state index contributed by atoms with van der Waals surface area (Å²) in [5.74, 6) is 0. The number of hydrogen-bond acceptors (Lipinski definition) is 6. The highest BCUT2D eigenvalue weighted by Crippen LogP contribution is 2.28. The zero-order valence-corrected chi connectivity index (χ0v) is 19.1. The first kappa shape index (κ1) is 20.6. The molecule has 0 atom stereocenters. The van der Waals surface area contributed by atoms with Crippen LogP contribution in [0.5, 0.6) is 0 Å². The van der Waals surface area contributed by atoms with Gasteiger partial charge in [0.15, 0.2) is 5.13 Å². The van der Waals surface area contributed by atoms with Gasteiger partial charge in [-0.05, 0) is 42.7 Å². The summed E-state index contributed by atoms with van der Waals surface area (Å²) in [5, 5.41) is 2.70. The summed E-state index contributed by atoms with van der Waals surface area (Å²) in [6.07, 6.45) is 1.93. The summed E-state index contributed by atoms with van der Waals surface area (Å²) >= 11 is 9.40. The average Bonchev–Trinajstić information content (AvgIpc) is 3.36. The van der Waals surface area contributed by atoms with Gasteiger partial charge in [-0.15, -0.1) is 23.1 Å². The van der Waals surface area contributed by atoms with Gasteiger partial charge < -0.3 is 10.7 Å². The van der Waals surface area contributed by atoms with Gasteiger partial charge in [-0.3, -0.25) is 9.36 Å². The van der Waals surface area contributed by atoms with E-state index in [9.17, 15) is 9.59 Å². The number of aromatic nitrogens is 4. The number of H-pyrrole nitrogens is 1. The van der Waals surface area contributed by atoms with Crippen molar-refractivity contribution in [2.45, 2.75) is 4.90 Å². The third-order valence-corrected chi connectivity index (χ3v) is 6.74. The molecule has 32 heavy (non-hydrogen) atoms. The van der Waals surface area contributed by atoms with Crippen molar-refractivity contribution in [2.24, 2.45) is 0 Å². The Kier molecular flexibility index (Phi) is 5.16. The topological polar surface area (TPSA) is 98.7 Å². The van der Waals surface area contributed by atoms with Gasteiger partial charge in [-0.1, -0.05) is 29.8 Å². The number of rotatable bonds is 4. The molecule has 2 aromatic carbocycles. The Balaban J connectivity index is 1.70. The molecule has 3 aromatic heterocycles. The largest absolute Gasteiger partial charge is 0.375 e. The summed E-state index contributed by atoms with van der Waals surface area (Å²) < 4.78 is 2.75. The normalized spacial score (nSPS) is 11.3. The number of benzene rings is 2. The number of thioether (sulfide) groups is 1. The van der Waals surface area contributed by atoms with E-state index >= 15 is 0 Å². The van der Waals surface area contributed by atoms with Crippen LogP contribution in [0.25, 0.3) is 33.7 Å². The van der Waals surface area contributed by atoms with Gasteiger partial charge in [-0.25, -0.2) is 14.3 Å². The fourth-order valence-corrected chi connectivity index (χ4v) is 4.91. The molecule has 0 aliphatic heterocycles. The lowest BCUT2D eigenvalue weighted by atomic mass is 10.1. The number of nitrogens with two attached hydrogens (primary N) is 1. The van der Waals surface area contributed by atoms with Crippen LogP contribution in [0.4, 0.5) is 5.13 Å². The van der Waals surface area contributed by atoms with E-state index in [1.54, 1.807) is 22.8 Å². The Labute approximate surface area is 195 Å². The number of anilines is 1. The number of thiazole rings is 1. The van der Waals surface area contributed by atoms with E-state index < -0.39 is 11.2 Å². The number of halogens is 1. The predicted octanol–water partition coefficient (Wildman–Crippen LogP) is 4.55. The molecule has 0 spiro atoms. The molecule has 3 heterocycles. The molecule has 5 aromatic rings. The molecule has 3 N–H and O–H groups in total. The van der Waals surface area contributed by atoms with Crippen LogP contribution in [-0.2, 0) is 0 Å². The van der Waals surface area contributed by atoms with E-state index in [0.717, 1.165) is 20.7 Å². The second-order valence-electron chi connectivity index (χ2n) is 6.95. The average molecular weight is 482 g/mol. The third-order valence-electron chi connectivity index (χ3n) is 5.06. The second-order valence-corrected chi connectivity index (χ2v) is 9.11. The van der Waals surface area contributed by atoms with E-state index in [1.807, 2.05) is 48.0 Å². The fourth-order valence-electron chi connectivity index (χ4n) is 3.59. The molecule has 10 heteroatoms. The minimum Gasteiger partial charge on any atom is -0.375 e. The van der Waals surface area contributed by atoms with Crippen LogP contribution in [0, 0.1) is 0 Å². The smallest absolute Gasteiger partial charge is 0.333 e. The molecular formula is C22H16ClN5O2S2. The molecule has 0 aliphatic rings. The highest BCUT2D eigenvalue weighted by molar-refractivity contribution is 7.98.